The molecule has 0 aliphatic rings. The fraction of sp³-hybridized carbons (Fsp3) is 0.211. The average molecular weight is 311 g/mol. The van der Waals surface area contributed by atoms with E-state index in [1.165, 1.54) is 6.08 Å². The van der Waals surface area contributed by atoms with Gasteiger partial charge in [-0.1, -0.05) is 42.5 Å². The highest BCUT2D eigenvalue weighted by Gasteiger charge is 2.06. The summed E-state index contributed by atoms with van der Waals surface area (Å²) in [5.74, 6) is 0.562. The predicted molar refractivity (Wildman–Crippen MR) is 91.1 cm³/mol. The fourth-order valence-electron chi connectivity index (χ4n) is 2.15. The van der Waals surface area contributed by atoms with Gasteiger partial charge in [0.1, 0.15) is 5.75 Å². The van der Waals surface area contributed by atoms with Crippen molar-refractivity contribution in [1.82, 2.24) is 5.32 Å². The quantitative estimate of drug-likeness (QED) is 0.773. The molecule has 2 N–H and O–H groups in total. The van der Waals surface area contributed by atoms with Crippen LogP contribution in [0, 0.1) is 0 Å². The van der Waals surface area contributed by atoms with E-state index in [1.54, 1.807) is 13.2 Å². The van der Waals surface area contributed by atoms with Crippen LogP contribution in [0.5, 0.6) is 5.75 Å². The van der Waals surface area contributed by atoms with Gasteiger partial charge in [-0.2, -0.15) is 0 Å². The molecule has 0 radical (unpaired) electrons. The number of methoxy groups -OCH3 is 1. The zero-order valence-electron chi connectivity index (χ0n) is 13.1. The Morgan fingerprint density at radius 2 is 2.00 bits per heavy atom. The molecule has 0 saturated heterocycles. The summed E-state index contributed by atoms with van der Waals surface area (Å²) in [6.07, 6.45) is 3.11. The molecule has 0 spiro atoms. The van der Waals surface area contributed by atoms with Crippen LogP contribution >= 0.6 is 0 Å². The Labute approximate surface area is 136 Å². The van der Waals surface area contributed by atoms with E-state index in [2.05, 4.69) is 5.32 Å². The highest BCUT2D eigenvalue weighted by atomic mass is 16.5. The molecule has 1 amide bonds. The first-order valence-electron chi connectivity index (χ1n) is 7.52. The van der Waals surface area contributed by atoms with Crippen LogP contribution in [0.4, 0.5) is 0 Å². The van der Waals surface area contributed by atoms with Crippen molar-refractivity contribution in [2.45, 2.75) is 12.5 Å². The lowest BCUT2D eigenvalue weighted by Gasteiger charge is -2.10. The molecule has 0 bridgehead atoms. The van der Waals surface area contributed by atoms with Crippen molar-refractivity contribution >= 4 is 12.0 Å². The Balaban J connectivity index is 1.77. The van der Waals surface area contributed by atoms with Crippen LogP contribution < -0.4 is 10.1 Å². The van der Waals surface area contributed by atoms with Crippen LogP contribution in [0.1, 0.15) is 23.7 Å². The molecule has 4 nitrogen and oxygen atoms in total. The lowest BCUT2D eigenvalue weighted by atomic mass is 10.1. The van der Waals surface area contributed by atoms with Crippen LogP contribution in [0.15, 0.2) is 60.7 Å². The molecule has 120 valence electrons. The minimum absolute atomic E-state index is 0.187. The summed E-state index contributed by atoms with van der Waals surface area (Å²) >= 11 is 0. The molecule has 2 aromatic carbocycles. The van der Waals surface area contributed by atoms with Gasteiger partial charge in [0.15, 0.2) is 0 Å². The van der Waals surface area contributed by atoms with Gasteiger partial charge in [-0.15, -0.1) is 0 Å². The van der Waals surface area contributed by atoms with Gasteiger partial charge in [0.05, 0.1) is 13.2 Å². The zero-order valence-corrected chi connectivity index (χ0v) is 13.1. The van der Waals surface area contributed by atoms with Crippen molar-refractivity contribution < 1.29 is 14.6 Å². The fourth-order valence-corrected chi connectivity index (χ4v) is 2.15. The molecular formula is C19H21NO3. The van der Waals surface area contributed by atoms with Crippen molar-refractivity contribution in [2.75, 3.05) is 13.7 Å². The zero-order chi connectivity index (χ0) is 16.5. The summed E-state index contributed by atoms with van der Waals surface area (Å²) in [4.78, 5) is 11.8. The number of hydrogen-bond donors (Lipinski definition) is 2. The summed E-state index contributed by atoms with van der Waals surface area (Å²) in [6, 6.07) is 16.9. The maximum absolute atomic E-state index is 11.8. The van der Waals surface area contributed by atoms with Crippen LogP contribution in [0.3, 0.4) is 0 Å². The second kappa shape index (κ2) is 8.76. The third kappa shape index (κ3) is 5.60. The van der Waals surface area contributed by atoms with Crippen LogP contribution in [-0.4, -0.2) is 24.7 Å². The number of ether oxygens (including phenoxy) is 1. The molecule has 23 heavy (non-hydrogen) atoms. The lowest BCUT2D eigenvalue weighted by Crippen LogP contribution is -2.23. The monoisotopic (exact) mass is 311 g/mol. The van der Waals surface area contributed by atoms with Gasteiger partial charge in [-0.05, 0) is 35.8 Å². The summed E-state index contributed by atoms with van der Waals surface area (Å²) in [6.45, 7) is 0.414. The first-order chi connectivity index (χ1) is 11.2. The third-order valence-corrected chi connectivity index (χ3v) is 3.42. The number of carbonyl (C=O) groups is 1. The van der Waals surface area contributed by atoms with Gasteiger partial charge >= 0.3 is 0 Å². The van der Waals surface area contributed by atoms with Gasteiger partial charge in [0, 0.05) is 12.6 Å². The van der Waals surface area contributed by atoms with Crippen molar-refractivity contribution in [3.8, 4) is 5.75 Å². The van der Waals surface area contributed by atoms with Gasteiger partial charge in [0.25, 0.3) is 0 Å². The molecule has 0 aliphatic heterocycles. The second-order valence-corrected chi connectivity index (χ2v) is 5.12. The number of benzene rings is 2. The minimum atomic E-state index is -0.570. The maximum atomic E-state index is 11.8. The van der Waals surface area contributed by atoms with Crippen LogP contribution in [-0.2, 0) is 4.79 Å². The van der Waals surface area contributed by atoms with Crippen molar-refractivity contribution in [3.05, 3.63) is 71.8 Å². The number of hydrogen-bond acceptors (Lipinski definition) is 3. The topological polar surface area (TPSA) is 58.6 Å². The van der Waals surface area contributed by atoms with E-state index in [1.807, 2.05) is 54.6 Å². The highest BCUT2D eigenvalue weighted by Crippen LogP contribution is 2.15. The SMILES string of the molecule is COc1cccc(C=CC(=O)NCCC(O)c2ccccc2)c1. The van der Waals surface area contributed by atoms with Gasteiger partial charge in [-0.3, -0.25) is 4.79 Å². The molecule has 0 aromatic heterocycles. The Hall–Kier alpha value is -2.59. The summed E-state index contributed by atoms with van der Waals surface area (Å²) in [7, 11) is 1.60. The largest absolute Gasteiger partial charge is 0.497 e. The third-order valence-electron chi connectivity index (χ3n) is 3.42. The number of aliphatic hydroxyl groups excluding tert-OH is 1. The molecule has 0 aliphatic carbocycles. The molecule has 0 fully saturated rings. The normalized spacial score (nSPS) is 12.1. The number of carbonyl (C=O) groups excluding carboxylic acids is 1. The predicted octanol–water partition coefficient (Wildman–Crippen LogP) is 2.95. The molecule has 0 saturated carbocycles. The van der Waals surface area contributed by atoms with Crippen LogP contribution in [0.25, 0.3) is 6.08 Å². The van der Waals surface area contributed by atoms with Gasteiger partial charge in [-0.25, -0.2) is 0 Å². The number of aliphatic hydroxyl groups is 1. The smallest absolute Gasteiger partial charge is 0.244 e. The molecule has 2 rings (SSSR count). The Bertz CT molecular complexity index is 653. The molecule has 1 atom stereocenters. The van der Waals surface area contributed by atoms with E-state index in [0.29, 0.717) is 13.0 Å². The second-order valence-electron chi connectivity index (χ2n) is 5.12. The minimum Gasteiger partial charge on any atom is -0.497 e. The number of amides is 1. The summed E-state index contributed by atoms with van der Waals surface area (Å²) in [5, 5.41) is 12.8. The Kier molecular flexibility index (Phi) is 6.39. The summed E-state index contributed by atoms with van der Waals surface area (Å²) < 4.78 is 5.13. The first-order valence-corrected chi connectivity index (χ1v) is 7.52. The van der Waals surface area contributed by atoms with Crippen LogP contribution in [0.2, 0.25) is 0 Å². The number of rotatable bonds is 7. The number of nitrogens with one attached hydrogen (secondary N) is 1. The standard InChI is InChI=1S/C19H21NO3/c1-23-17-9-5-6-15(14-17)10-11-19(22)20-13-12-18(21)16-7-3-2-4-8-16/h2-11,14,18,21H,12-13H2,1H3,(H,20,22). The highest BCUT2D eigenvalue weighted by molar-refractivity contribution is 5.91. The lowest BCUT2D eigenvalue weighted by molar-refractivity contribution is -0.116. The van der Waals surface area contributed by atoms with E-state index in [9.17, 15) is 9.90 Å². The first kappa shape index (κ1) is 16.8. The maximum Gasteiger partial charge on any atom is 0.244 e. The van der Waals surface area contributed by atoms with Gasteiger partial charge < -0.3 is 15.2 Å². The van der Waals surface area contributed by atoms with Crippen molar-refractivity contribution in [1.29, 1.82) is 0 Å². The summed E-state index contributed by atoms with van der Waals surface area (Å²) in [5.41, 5.74) is 1.75. The van der Waals surface area contributed by atoms with Crippen molar-refractivity contribution in [3.63, 3.8) is 0 Å². The van der Waals surface area contributed by atoms with Crippen molar-refractivity contribution in [2.24, 2.45) is 0 Å². The Morgan fingerprint density at radius 3 is 2.74 bits per heavy atom. The van der Waals surface area contributed by atoms with E-state index in [0.717, 1.165) is 16.9 Å². The van der Waals surface area contributed by atoms with Gasteiger partial charge in [0.2, 0.25) is 5.91 Å². The molecule has 4 heteroatoms. The van der Waals surface area contributed by atoms with E-state index in [-0.39, 0.29) is 5.91 Å². The molecule has 2 aromatic rings. The molecular weight excluding hydrogens is 290 g/mol. The Morgan fingerprint density at radius 1 is 1.22 bits per heavy atom. The molecule has 1 unspecified atom stereocenters. The molecule has 0 heterocycles. The van der Waals surface area contributed by atoms with E-state index in [4.69, 9.17) is 4.74 Å². The van der Waals surface area contributed by atoms with E-state index < -0.39 is 6.10 Å². The average Bonchev–Trinajstić information content (AvgIpc) is 2.61. The van der Waals surface area contributed by atoms with E-state index >= 15 is 0 Å².